The Morgan fingerprint density at radius 3 is 2.58 bits per heavy atom. The van der Waals surface area contributed by atoms with Crippen LogP contribution in [0.25, 0.3) is 0 Å². The van der Waals surface area contributed by atoms with Crippen LogP contribution in [0.5, 0.6) is 0 Å². The van der Waals surface area contributed by atoms with E-state index in [0.717, 1.165) is 30.7 Å². The molecular formula is C22H25ClN4O4. The number of rotatable bonds is 10. The van der Waals surface area contributed by atoms with Gasteiger partial charge in [-0.05, 0) is 36.2 Å². The van der Waals surface area contributed by atoms with Gasteiger partial charge >= 0.3 is 5.97 Å². The smallest absolute Gasteiger partial charge is 0.323 e. The number of nitrogens with zero attached hydrogens (tertiary/aromatic N) is 3. The summed E-state index contributed by atoms with van der Waals surface area (Å²) in [4.78, 5) is 27.8. The molecule has 3 N–H and O–H groups in total. The van der Waals surface area contributed by atoms with Crippen LogP contribution in [0.15, 0.2) is 42.6 Å². The molecule has 0 saturated heterocycles. The van der Waals surface area contributed by atoms with E-state index in [1.807, 2.05) is 16.7 Å². The van der Waals surface area contributed by atoms with Crippen molar-refractivity contribution in [1.29, 1.82) is 0 Å². The van der Waals surface area contributed by atoms with Crippen LogP contribution in [0, 0.1) is 0 Å². The van der Waals surface area contributed by atoms with E-state index in [0.29, 0.717) is 23.1 Å². The Morgan fingerprint density at radius 1 is 1.19 bits per heavy atom. The van der Waals surface area contributed by atoms with Gasteiger partial charge in [0.2, 0.25) is 0 Å². The lowest BCUT2D eigenvalue weighted by molar-refractivity contribution is -0.137. The molecule has 0 spiro atoms. The van der Waals surface area contributed by atoms with Crippen LogP contribution in [-0.4, -0.2) is 36.2 Å². The lowest BCUT2D eigenvalue weighted by atomic mass is 10.2. The maximum atomic E-state index is 12.5. The number of hydrogen-bond acceptors (Lipinski definition) is 4. The minimum atomic E-state index is -1.02. The van der Waals surface area contributed by atoms with Crippen molar-refractivity contribution in [2.24, 2.45) is 0 Å². The fourth-order valence-electron chi connectivity index (χ4n) is 3.34. The van der Waals surface area contributed by atoms with E-state index in [1.165, 1.54) is 4.57 Å². The summed E-state index contributed by atoms with van der Waals surface area (Å²) in [6, 6.07) is 10.5. The van der Waals surface area contributed by atoms with E-state index in [9.17, 15) is 14.7 Å². The van der Waals surface area contributed by atoms with E-state index in [4.69, 9.17) is 16.7 Å². The van der Waals surface area contributed by atoms with E-state index in [2.05, 4.69) is 17.2 Å². The van der Waals surface area contributed by atoms with Gasteiger partial charge in [0.15, 0.2) is 5.15 Å². The van der Waals surface area contributed by atoms with Gasteiger partial charge in [-0.3, -0.25) is 9.59 Å². The van der Waals surface area contributed by atoms with Crippen LogP contribution >= 0.6 is 11.6 Å². The number of anilines is 1. The number of carbonyl (C=O) groups excluding carboxylic acids is 1. The second-order valence-corrected chi connectivity index (χ2v) is 7.54. The summed E-state index contributed by atoms with van der Waals surface area (Å²) in [7, 11) is 0. The van der Waals surface area contributed by atoms with Crippen molar-refractivity contribution >= 4 is 29.2 Å². The molecule has 2 aromatic heterocycles. The summed E-state index contributed by atoms with van der Waals surface area (Å²) in [5.41, 5.74) is 2.42. The second kappa shape index (κ2) is 10.3. The first-order chi connectivity index (χ1) is 14.9. The van der Waals surface area contributed by atoms with E-state index in [-0.39, 0.29) is 24.8 Å². The maximum absolute atomic E-state index is 12.5. The number of hydrogen-bond donors (Lipinski definition) is 3. The number of halogens is 1. The molecule has 3 aromatic rings. The Balaban J connectivity index is 1.72. The lowest BCUT2D eigenvalue weighted by Crippen LogP contribution is -2.19. The third kappa shape index (κ3) is 5.53. The zero-order chi connectivity index (χ0) is 22.4. The first-order valence-corrected chi connectivity index (χ1v) is 10.4. The van der Waals surface area contributed by atoms with Crippen molar-refractivity contribution in [1.82, 2.24) is 14.1 Å². The normalized spacial score (nSPS) is 10.9. The number of aromatic nitrogens is 3. The molecule has 0 saturated carbocycles. The highest BCUT2D eigenvalue weighted by atomic mass is 35.5. The molecule has 8 nitrogen and oxygen atoms in total. The average Bonchev–Trinajstić information content (AvgIpc) is 3.31. The topological polar surface area (TPSA) is 109 Å². The first kappa shape index (κ1) is 22.6. The number of imidazole rings is 1. The van der Waals surface area contributed by atoms with Gasteiger partial charge in [-0.15, -0.1) is 0 Å². The minimum Gasteiger partial charge on any atom is -0.480 e. The standard InChI is InChI=1S/C22H25ClN4O4/c1-2-3-6-19-25-21(23)18(14-28)27(19)12-15-7-9-16(10-8-15)24-22(31)17-5-4-11-26(17)13-20(29)30/h4-5,7-11,28H,2-3,6,12-14H2,1H3,(H,24,31)(H,29,30). The molecule has 0 aliphatic carbocycles. The molecule has 9 heteroatoms. The molecule has 1 aromatic carbocycles. The van der Waals surface area contributed by atoms with E-state index in [1.54, 1.807) is 30.5 Å². The highest BCUT2D eigenvalue weighted by Gasteiger charge is 2.16. The predicted molar refractivity (Wildman–Crippen MR) is 117 cm³/mol. The lowest BCUT2D eigenvalue weighted by Gasteiger charge is -2.12. The number of aryl methyl sites for hydroxylation is 1. The SMILES string of the molecule is CCCCc1nc(Cl)c(CO)n1Cc1ccc(NC(=O)c2cccn2CC(=O)O)cc1. The summed E-state index contributed by atoms with van der Waals surface area (Å²) in [6.07, 6.45) is 4.34. The molecule has 0 radical (unpaired) electrons. The van der Waals surface area contributed by atoms with Crippen LogP contribution in [0.3, 0.4) is 0 Å². The van der Waals surface area contributed by atoms with Crippen molar-refractivity contribution in [2.45, 2.75) is 45.9 Å². The minimum absolute atomic E-state index is 0.192. The first-order valence-electron chi connectivity index (χ1n) is 10.0. The largest absolute Gasteiger partial charge is 0.480 e. The molecule has 0 unspecified atom stereocenters. The van der Waals surface area contributed by atoms with Crippen LogP contribution in [0.4, 0.5) is 5.69 Å². The summed E-state index contributed by atoms with van der Waals surface area (Å²) in [5.74, 6) is -0.563. The van der Waals surface area contributed by atoms with Gasteiger partial charge in [-0.25, -0.2) is 4.98 Å². The highest BCUT2D eigenvalue weighted by molar-refractivity contribution is 6.30. The Kier molecular flexibility index (Phi) is 7.49. The zero-order valence-electron chi connectivity index (χ0n) is 17.2. The highest BCUT2D eigenvalue weighted by Crippen LogP contribution is 2.21. The molecule has 0 aliphatic heterocycles. The Hall–Kier alpha value is -3.10. The van der Waals surface area contributed by atoms with Crippen LogP contribution in [-0.2, 0) is 30.9 Å². The predicted octanol–water partition coefficient (Wildman–Crippen LogP) is 3.56. The van der Waals surface area contributed by atoms with Gasteiger partial charge in [0.25, 0.3) is 5.91 Å². The number of carbonyl (C=O) groups is 2. The Bertz CT molecular complexity index is 1060. The summed E-state index contributed by atoms with van der Waals surface area (Å²) >= 11 is 6.19. The second-order valence-electron chi connectivity index (χ2n) is 7.18. The molecule has 1 amide bonds. The number of aliphatic hydroxyl groups is 1. The van der Waals surface area contributed by atoms with Gasteiger partial charge in [0, 0.05) is 24.8 Å². The van der Waals surface area contributed by atoms with Crippen molar-refractivity contribution in [2.75, 3.05) is 5.32 Å². The summed E-state index contributed by atoms with van der Waals surface area (Å²) in [5, 5.41) is 21.8. The van der Waals surface area contributed by atoms with Gasteiger partial charge in [-0.1, -0.05) is 37.1 Å². The fraction of sp³-hybridized carbons (Fsp3) is 0.318. The van der Waals surface area contributed by atoms with Crippen molar-refractivity contribution < 1.29 is 19.8 Å². The summed E-state index contributed by atoms with van der Waals surface area (Å²) in [6.45, 7) is 2.13. The Morgan fingerprint density at radius 2 is 1.94 bits per heavy atom. The molecule has 0 aliphatic rings. The van der Waals surface area contributed by atoms with E-state index < -0.39 is 5.97 Å². The molecule has 2 heterocycles. The number of amides is 1. The van der Waals surface area contributed by atoms with Crippen LogP contribution < -0.4 is 5.32 Å². The Labute approximate surface area is 185 Å². The monoisotopic (exact) mass is 444 g/mol. The quantitative estimate of drug-likeness (QED) is 0.443. The van der Waals surface area contributed by atoms with Gasteiger partial charge in [-0.2, -0.15) is 0 Å². The number of aliphatic carboxylic acids is 1. The van der Waals surface area contributed by atoms with Crippen molar-refractivity contribution in [3.63, 3.8) is 0 Å². The molecule has 3 rings (SSSR count). The molecular weight excluding hydrogens is 420 g/mol. The number of nitrogens with one attached hydrogen (secondary N) is 1. The van der Waals surface area contributed by atoms with Crippen LogP contribution in [0.1, 0.15) is 47.3 Å². The van der Waals surface area contributed by atoms with Crippen molar-refractivity contribution in [3.05, 3.63) is 70.5 Å². The third-order valence-corrected chi connectivity index (χ3v) is 5.23. The van der Waals surface area contributed by atoms with Crippen LogP contribution in [0.2, 0.25) is 5.15 Å². The molecule has 164 valence electrons. The number of benzene rings is 1. The molecule has 0 bridgehead atoms. The maximum Gasteiger partial charge on any atom is 0.323 e. The summed E-state index contributed by atoms with van der Waals surface area (Å²) < 4.78 is 3.31. The number of unbranched alkanes of at least 4 members (excludes halogenated alkanes) is 1. The fourth-order valence-corrected chi connectivity index (χ4v) is 3.60. The molecule has 0 atom stereocenters. The number of carboxylic acids is 1. The molecule has 0 fully saturated rings. The van der Waals surface area contributed by atoms with Crippen molar-refractivity contribution in [3.8, 4) is 0 Å². The molecule has 31 heavy (non-hydrogen) atoms. The number of aliphatic hydroxyl groups excluding tert-OH is 1. The number of carboxylic acid groups (broad SMARTS) is 1. The van der Waals surface area contributed by atoms with Gasteiger partial charge in [0.05, 0.1) is 12.3 Å². The zero-order valence-corrected chi connectivity index (χ0v) is 18.0. The van der Waals surface area contributed by atoms with Gasteiger partial charge in [0.1, 0.15) is 18.1 Å². The third-order valence-electron chi connectivity index (χ3n) is 4.93. The van der Waals surface area contributed by atoms with E-state index >= 15 is 0 Å². The average molecular weight is 445 g/mol. The van der Waals surface area contributed by atoms with Gasteiger partial charge < -0.3 is 24.7 Å².